The first-order chi connectivity index (χ1) is 15.3. The predicted octanol–water partition coefficient (Wildman–Crippen LogP) is 5.37. The Labute approximate surface area is 185 Å². The van der Waals surface area contributed by atoms with Crippen molar-refractivity contribution in [2.45, 2.75) is 26.3 Å². The van der Waals surface area contributed by atoms with Gasteiger partial charge in [0.1, 0.15) is 11.5 Å². The molecule has 6 heteroatoms. The number of carboxylic acids is 1. The van der Waals surface area contributed by atoms with Crippen LogP contribution in [0.15, 0.2) is 84.1 Å². The summed E-state index contributed by atoms with van der Waals surface area (Å²) in [6.07, 6.45) is -0.401. The van der Waals surface area contributed by atoms with E-state index in [1.807, 2.05) is 50.2 Å². The summed E-state index contributed by atoms with van der Waals surface area (Å²) >= 11 is 0. The van der Waals surface area contributed by atoms with Gasteiger partial charge in [-0.15, -0.1) is 0 Å². The standard InChI is InChI=1S/C26H23FN2O3/c1-16-7-11-18(12-8-16)28-24-21(15-23(30)31)25(20-5-3-4-6-22(20)27)29(26(24)32)19-13-9-17(2)10-14-19/h3-14,25,28H,15H2,1-2H3,(H,30,31)/t25-/m0/s1. The van der Waals surface area contributed by atoms with Gasteiger partial charge in [-0.2, -0.15) is 0 Å². The van der Waals surface area contributed by atoms with E-state index < -0.39 is 30.2 Å². The molecule has 0 aromatic heterocycles. The van der Waals surface area contributed by atoms with E-state index in [0.717, 1.165) is 11.1 Å². The smallest absolute Gasteiger partial charge is 0.307 e. The van der Waals surface area contributed by atoms with E-state index in [0.29, 0.717) is 16.9 Å². The van der Waals surface area contributed by atoms with Gasteiger partial charge >= 0.3 is 5.97 Å². The molecule has 0 aliphatic carbocycles. The van der Waals surface area contributed by atoms with E-state index >= 15 is 0 Å². The van der Waals surface area contributed by atoms with Crippen molar-refractivity contribution in [2.75, 3.05) is 10.2 Å². The highest BCUT2D eigenvalue weighted by Crippen LogP contribution is 2.43. The zero-order chi connectivity index (χ0) is 22.8. The molecule has 0 fully saturated rings. The van der Waals surface area contributed by atoms with Gasteiger partial charge in [0.25, 0.3) is 5.91 Å². The monoisotopic (exact) mass is 430 g/mol. The van der Waals surface area contributed by atoms with Gasteiger partial charge in [-0.25, -0.2) is 4.39 Å². The largest absolute Gasteiger partial charge is 0.481 e. The number of carbonyl (C=O) groups excluding carboxylic acids is 1. The van der Waals surface area contributed by atoms with Crippen LogP contribution >= 0.6 is 0 Å². The van der Waals surface area contributed by atoms with Gasteiger partial charge < -0.3 is 10.4 Å². The lowest BCUT2D eigenvalue weighted by Gasteiger charge is -2.27. The van der Waals surface area contributed by atoms with Crippen LogP contribution in [-0.4, -0.2) is 17.0 Å². The average molecular weight is 430 g/mol. The number of rotatable bonds is 6. The summed E-state index contributed by atoms with van der Waals surface area (Å²) in [4.78, 5) is 26.9. The summed E-state index contributed by atoms with van der Waals surface area (Å²) in [6.45, 7) is 3.88. The van der Waals surface area contributed by atoms with Crippen molar-refractivity contribution in [1.82, 2.24) is 0 Å². The minimum Gasteiger partial charge on any atom is -0.481 e. The van der Waals surface area contributed by atoms with Gasteiger partial charge in [-0.3, -0.25) is 14.5 Å². The molecule has 3 aromatic carbocycles. The fourth-order valence-electron chi connectivity index (χ4n) is 3.93. The number of aliphatic carboxylic acids is 1. The predicted molar refractivity (Wildman–Crippen MR) is 122 cm³/mol. The molecule has 0 saturated heterocycles. The molecule has 4 rings (SSSR count). The summed E-state index contributed by atoms with van der Waals surface area (Å²) in [5.74, 6) is -2.00. The van der Waals surface area contributed by atoms with E-state index in [2.05, 4.69) is 5.32 Å². The summed E-state index contributed by atoms with van der Waals surface area (Å²) in [6, 6.07) is 20.0. The van der Waals surface area contributed by atoms with Gasteiger partial charge in [-0.05, 0) is 49.8 Å². The van der Waals surface area contributed by atoms with Gasteiger partial charge in [-0.1, -0.05) is 53.6 Å². The molecule has 1 amide bonds. The lowest BCUT2D eigenvalue weighted by atomic mass is 9.95. The molecule has 162 valence electrons. The Morgan fingerprint density at radius 1 is 0.969 bits per heavy atom. The van der Waals surface area contributed by atoms with Gasteiger partial charge in [0, 0.05) is 16.9 Å². The van der Waals surface area contributed by atoms with Crippen molar-refractivity contribution in [1.29, 1.82) is 0 Å². The van der Waals surface area contributed by atoms with Crippen molar-refractivity contribution >= 4 is 23.3 Å². The van der Waals surface area contributed by atoms with Crippen LogP contribution in [0.3, 0.4) is 0 Å². The lowest BCUT2D eigenvalue weighted by Crippen LogP contribution is -2.31. The van der Waals surface area contributed by atoms with Crippen LogP contribution < -0.4 is 10.2 Å². The van der Waals surface area contributed by atoms with Crippen molar-refractivity contribution in [3.63, 3.8) is 0 Å². The number of carboxylic acid groups (broad SMARTS) is 1. The highest BCUT2D eigenvalue weighted by molar-refractivity contribution is 6.12. The normalized spacial score (nSPS) is 15.9. The molecule has 5 nitrogen and oxygen atoms in total. The van der Waals surface area contributed by atoms with Crippen LogP contribution in [0.2, 0.25) is 0 Å². The maximum atomic E-state index is 14.9. The van der Waals surface area contributed by atoms with E-state index in [1.54, 1.807) is 30.3 Å². The molecule has 0 bridgehead atoms. The van der Waals surface area contributed by atoms with E-state index in [4.69, 9.17) is 0 Å². The van der Waals surface area contributed by atoms with Crippen molar-refractivity contribution in [2.24, 2.45) is 0 Å². The van der Waals surface area contributed by atoms with E-state index in [-0.39, 0.29) is 11.3 Å². The van der Waals surface area contributed by atoms with Crippen molar-refractivity contribution < 1.29 is 19.1 Å². The number of hydrogen-bond acceptors (Lipinski definition) is 3. The highest BCUT2D eigenvalue weighted by Gasteiger charge is 2.42. The van der Waals surface area contributed by atoms with Gasteiger partial charge in [0.15, 0.2) is 0 Å². The fourth-order valence-corrected chi connectivity index (χ4v) is 3.93. The number of anilines is 2. The topological polar surface area (TPSA) is 69.6 Å². The van der Waals surface area contributed by atoms with Gasteiger partial charge in [0.2, 0.25) is 0 Å². The van der Waals surface area contributed by atoms with E-state index in [1.165, 1.54) is 11.0 Å². The zero-order valence-corrected chi connectivity index (χ0v) is 17.8. The number of benzene rings is 3. The Morgan fingerprint density at radius 3 is 2.16 bits per heavy atom. The van der Waals surface area contributed by atoms with Crippen molar-refractivity contribution in [3.05, 3.63) is 107 Å². The number of hydrogen-bond donors (Lipinski definition) is 2. The molecule has 0 spiro atoms. The molecule has 1 atom stereocenters. The minimum absolute atomic E-state index is 0.157. The summed E-state index contributed by atoms with van der Waals surface area (Å²) < 4.78 is 14.9. The zero-order valence-electron chi connectivity index (χ0n) is 17.8. The average Bonchev–Trinajstić information content (AvgIpc) is 3.01. The Bertz CT molecular complexity index is 1200. The van der Waals surface area contributed by atoms with Crippen LogP contribution in [0.5, 0.6) is 0 Å². The highest BCUT2D eigenvalue weighted by atomic mass is 19.1. The Hall–Kier alpha value is -3.93. The van der Waals surface area contributed by atoms with Crippen LogP contribution in [0, 0.1) is 19.7 Å². The first-order valence-electron chi connectivity index (χ1n) is 10.3. The number of amides is 1. The third-order valence-electron chi connectivity index (χ3n) is 5.52. The lowest BCUT2D eigenvalue weighted by molar-refractivity contribution is -0.136. The minimum atomic E-state index is -1.09. The Balaban J connectivity index is 1.89. The van der Waals surface area contributed by atoms with Crippen LogP contribution in [-0.2, 0) is 9.59 Å². The number of aryl methyl sites for hydroxylation is 2. The number of halogens is 1. The molecule has 1 aliphatic heterocycles. The molecular weight excluding hydrogens is 407 g/mol. The van der Waals surface area contributed by atoms with Crippen LogP contribution in [0.25, 0.3) is 0 Å². The molecule has 3 aromatic rings. The maximum absolute atomic E-state index is 14.9. The third-order valence-corrected chi connectivity index (χ3v) is 5.52. The summed E-state index contributed by atoms with van der Waals surface area (Å²) in [5.41, 5.74) is 4.01. The molecule has 0 unspecified atom stereocenters. The molecule has 0 saturated carbocycles. The molecule has 1 aliphatic rings. The van der Waals surface area contributed by atoms with Crippen molar-refractivity contribution in [3.8, 4) is 0 Å². The number of nitrogens with one attached hydrogen (secondary N) is 1. The maximum Gasteiger partial charge on any atom is 0.307 e. The first kappa shape index (κ1) is 21.3. The summed E-state index contributed by atoms with van der Waals surface area (Å²) in [7, 11) is 0. The molecule has 0 radical (unpaired) electrons. The SMILES string of the molecule is Cc1ccc(NC2=C(CC(=O)O)[C@H](c3ccccc3F)N(c3ccc(C)cc3)C2=O)cc1. The van der Waals surface area contributed by atoms with E-state index in [9.17, 15) is 19.1 Å². The molecule has 1 heterocycles. The van der Waals surface area contributed by atoms with Gasteiger partial charge in [0.05, 0.1) is 12.5 Å². The fraction of sp³-hybridized carbons (Fsp3) is 0.154. The quantitative estimate of drug-likeness (QED) is 0.552. The third kappa shape index (κ3) is 4.12. The second-order valence-corrected chi connectivity index (χ2v) is 7.90. The van der Waals surface area contributed by atoms with Crippen LogP contribution in [0.1, 0.15) is 29.2 Å². The molecular formula is C26H23FN2O3. The second kappa shape index (κ2) is 8.67. The first-order valence-corrected chi connectivity index (χ1v) is 10.3. The number of carbonyl (C=O) groups is 2. The molecule has 2 N–H and O–H groups in total. The second-order valence-electron chi connectivity index (χ2n) is 7.90. The summed E-state index contributed by atoms with van der Waals surface area (Å²) in [5, 5.41) is 12.7. The van der Waals surface area contributed by atoms with Crippen LogP contribution in [0.4, 0.5) is 15.8 Å². The Kier molecular flexibility index (Phi) is 5.77. The Morgan fingerprint density at radius 2 is 1.56 bits per heavy atom. The molecule has 32 heavy (non-hydrogen) atoms. The number of nitrogens with zero attached hydrogens (tertiary/aromatic N) is 1.